The molecule has 1 N–H and O–H groups in total. The van der Waals surface area contributed by atoms with Gasteiger partial charge in [0, 0.05) is 12.5 Å². The van der Waals surface area contributed by atoms with Crippen molar-refractivity contribution >= 4 is 0 Å². The van der Waals surface area contributed by atoms with E-state index < -0.39 is 0 Å². The van der Waals surface area contributed by atoms with Crippen molar-refractivity contribution in [3.05, 3.63) is 35.6 Å². The van der Waals surface area contributed by atoms with Crippen molar-refractivity contribution in [3.63, 3.8) is 0 Å². The van der Waals surface area contributed by atoms with Crippen molar-refractivity contribution in [1.29, 1.82) is 0 Å². The fraction of sp³-hybridized carbons (Fsp3) is 0.600. The van der Waals surface area contributed by atoms with E-state index in [0.717, 1.165) is 13.1 Å². The summed E-state index contributed by atoms with van der Waals surface area (Å²) in [4.78, 5) is 0. The molecule has 1 aliphatic rings. The summed E-state index contributed by atoms with van der Waals surface area (Å²) >= 11 is 0. The molecule has 2 rings (SSSR count). The molecule has 0 radical (unpaired) electrons. The second kappa shape index (κ2) is 4.77. The Morgan fingerprint density at radius 3 is 2.53 bits per heavy atom. The molecular weight excluding hydrogens is 213 g/mol. The minimum Gasteiger partial charge on any atom is -0.316 e. The molecule has 0 aromatic heterocycles. The van der Waals surface area contributed by atoms with Crippen LogP contribution in [0.2, 0.25) is 0 Å². The summed E-state index contributed by atoms with van der Waals surface area (Å²) in [5.41, 5.74) is 1.57. The Labute approximate surface area is 103 Å². The number of benzene rings is 1. The Balaban J connectivity index is 2.31. The minimum atomic E-state index is -0.149. The standard InChI is InChI=1S/C15H22FN/c1-11(2)15(3)8-9-17-10-14(15)12-4-6-13(16)7-5-12/h4-7,11,14,17H,8-10H2,1-3H3. The third-order valence-electron chi connectivity index (χ3n) is 4.58. The largest absolute Gasteiger partial charge is 0.316 e. The number of hydrogen-bond acceptors (Lipinski definition) is 1. The Morgan fingerprint density at radius 1 is 1.29 bits per heavy atom. The lowest BCUT2D eigenvalue weighted by molar-refractivity contribution is 0.120. The molecule has 1 saturated heterocycles. The first kappa shape index (κ1) is 12.6. The maximum absolute atomic E-state index is 13.0. The van der Waals surface area contributed by atoms with Crippen molar-refractivity contribution < 1.29 is 4.39 Å². The van der Waals surface area contributed by atoms with Gasteiger partial charge in [-0.25, -0.2) is 4.39 Å². The van der Waals surface area contributed by atoms with Gasteiger partial charge >= 0.3 is 0 Å². The first-order valence-corrected chi connectivity index (χ1v) is 6.50. The van der Waals surface area contributed by atoms with Gasteiger partial charge in [-0.2, -0.15) is 0 Å². The van der Waals surface area contributed by atoms with Crippen molar-refractivity contribution in [2.45, 2.75) is 33.1 Å². The van der Waals surface area contributed by atoms with Crippen LogP contribution in [0.1, 0.15) is 38.7 Å². The Hall–Kier alpha value is -0.890. The van der Waals surface area contributed by atoms with Crippen LogP contribution in [0.5, 0.6) is 0 Å². The third-order valence-corrected chi connectivity index (χ3v) is 4.58. The smallest absolute Gasteiger partial charge is 0.123 e. The molecule has 0 saturated carbocycles. The average molecular weight is 235 g/mol. The van der Waals surface area contributed by atoms with Gasteiger partial charge in [-0.3, -0.25) is 0 Å². The molecule has 17 heavy (non-hydrogen) atoms. The van der Waals surface area contributed by atoms with Crippen LogP contribution in [0.3, 0.4) is 0 Å². The Bertz CT molecular complexity index is 371. The van der Waals surface area contributed by atoms with Gasteiger partial charge in [0.2, 0.25) is 0 Å². The van der Waals surface area contributed by atoms with Gasteiger partial charge in [-0.1, -0.05) is 32.9 Å². The summed E-state index contributed by atoms with van der Waals surface area (Å²) in [5.74, 6) is 0.972. The van der Waals surface area contributed by atoms with Crippen molar-refractivity contribution in [2.75, 3.05) is 13.1 Å². The molecule has 0 amide bonds. The highest BCUT2D eigenvalue weighted by atomic mass is 19.1. The van der Waals surface area contributed by atoms with E-state index >= 15 is 0 Å². The maximum Gasteiger partial charge on any atom is 0.123 e. The van der Waals surface area contributed by atoms with Gasteiger partial charge in [0.1, 0.15) is 5.82 Å². The van der Waals surface area contributed by atoms with Gasteiger partial charge < -0.3 is 5.32 Å². The molecular formula is C15H22FN. The summed E-state index contributed by atoms with van der Waals surface area (Å²) in [7, 11) is 0. The van der Waals surface area contributed by atoms with Crippen molar-refractivity contribution in [3.8, 4) is 0 Å². The normalized spacial score (nSPS) is 29.6. The van der Waals surface area contributed by atoms with E-state index in [1.165, 1.54) is 12.0 Å². The van der Waals surface area contributed by atoms with Crippen molar-refractivity contribution in [2.24, 2.45) is 11.3 Å². The topological polar surface area (TPSA) is 12.0 Å². The lowest BCUT2D eigenvalue weighted by Gasteiger charge is -2.45. The van der Waals surface area contributed by atoms with Crippen molar-refractivity contribution in [1.82, 2.24) is 5.32 Å². The van der Waals surface area contributed by atoms with Gasteiger partial charge in [0.05, 0.1) is 0 Å². The Morgan fingerprint density at radius 2 is 1.94 bits per heavy atom. The van der Waals surface area contributed by atoms with E-state index in [-0.39, 0.29) is 5.82 Å². The molecule has 1 nitrogen and oxygen atoms in total. The van der Waals surface area contributed by atoms with E-state index in [1.54, 1.807) is 12.1 Å². The summed E-state index contributed by atoms with van der Waals surface area (Å²) in [6.07, 6.45) is 1.19. The van der Waals surface area contributed by atoms with Crippen LogP contribution in [0.15, 0.2) is 24.3 Å². The second-order valence-electron chi connectivity index (χ2n) is 5.72. The fourth-order valence-corrected chi connectivity index (χ4v) is 2.90. The summed E-state index contributed by atoms with van der Waals surface area (Å²) < 4.78 is 13.0. The molecule has 1 aromatic carbocycles. The van der Waals surface area contributed by atoms with Crippen LogP contribution >= 0.6 is 0 Å². The molecule has 2 atom stereocenters. The SMILES string of the molecule is CC(C)C1(C)CCNCC1c1ccc(F)cc1. The summed E-state index contributed by atoms with van der Waals surface area (Å²) in [5, 5.41) is 3.46. The number of halogens is 1. The zero-order chi connectivity index (χ0) is 12.5. The number of rotatable bonds is 2. The van der Waals surface area contributed by atoms with Gasteiger partial charge in [0.15, 0.2) is 0 Å². The van der Waals surface area contributed by atoms with E-state index in [9.17, 15) is 4.39 Å². The summed E-state index contributed by atoms with van der Waals surface area (Å²) in [6, 6.07) is 7.02. The molecule has 1 fully saturated rings. The monoisotopic (exact) mass is 235 g/mol. The lowest BCUT2D eigenvalue weighted by Crippen LogP contribution is -2.44. The fourth-order valence-electron chi connectivity index (χ4n) is 2.90. The van der Waals surface area contributed by atoms with Crippen LogP contribution in [-0.2, 0) is 0 Å². The predicted octanol–water partition coefficient (Wildman–Crippen LogP) is 3.56. The first-order valence-electron chi connectivity index (χ1n) is 6.50. The van der Waals surface area contributed by atoms with E-state index in [2.05, 4.69) is 26.1 Å². The maximum atomic E-state index is 13.0. The molecule has 0 aliphatic carbocycles. The van der Waals surface area contributed by atoms with Gasteiger partial charge in [-0.15, -0.1) is 0 Å². The second-order valence-corrected chi connectivity index (χ2v) is 5.72. The molecule has 1 aliphatic heterocycles. The average Bonchev–Trinajstić information content (AvgIpc) is 2.31. The molecule has 1 heterocycles. The zero-order valence-corrected chi connectivity index (χ0v) is 11.0. The molecule has 2 heteroatoms. The highest BCUT2D eigenvalue weighted by Crippen LogP contribution is 2.45. The zero-order valence-electron chi connectivity index (χ0n) is 11.0. The quantitative estimate of drug-likeness (QED) is 0.826. The summed E-state index contributed by atoms with van der Waals surface area (Å²) in [6.45, 7) is 9.04. The van der Waals surface area contributed by atoms with E-state index in [0.29, 0.717) is 17.3 Å². The van der Waals surface area contributed by atoms with Crippen LogP contribution in [-0.4, -0.2) is 13.1 Å². The van der Waals surface area contributed by atoms with E-state index in [1.807, 2.05) is 12.1 Å². The number of hydrogen-bond donors (Lipinski definition) is 1. The number of nitrogens with one attached hydrogen (secondary N) is 1. The van der Waals surface area contributed by atoms with Gasteiger partial charge in [-0.05, 0) is 42.0 Å². The van der Waals surface area contributed by atoms with Crippen LogP contribution in [0.4, 0.5) is 4.39 Å². The Kier molecular flexibility index (Phi) is 3.53. The molecule has 0 bridgehead atoms. The predicted molar refractivity (Wildman–Crippen MR) is 69.6 cm³/mol. The first-order chi connectivity index (χ1) is 8.04. The lowest BCUT2D eigenvalue weighted by atomic mass is 9.63. The number of piperidine rings is 1. The van der Waals surface area contributed by atoms with Crippen LogP contribution in [0, 0.1) is 17.2 Å². The van der Waals surface area contributed by atoms with Crippen LogP contribution in [0.25, 0.3) is 0 Å². The van der Waals surface area contributed by atoms with Gasteiger partial charge in [0.25, 0.3) is 0 Å². The minimum absolute atomic E-state index is 0.149. The molecule has 0 spiro atoms. The molecule has 1 aromatic rings. The highest BCUT2D eigenvalue weighted by Gasteiger charge is 2.39. The van der Waals surface area contributed by atoms with Crippen LogP contribution < -0.4 is 5.32 Å². The highest BCUT2D eigenvalue weighted by molar-refractivity contribution is 5.24. The molecule has 2 unspecified atom stereocenters. The van der Waals surface area contributed by atoms with E-state index in [4.69, 9.17) is 0 Å². The third kappa shape index (κ3) is 2.37. The molecule has 94 valence electrons.